The number of aliphatic hydroxyl groups is 1. The molecule has 0 radical (unpaired) electrons. The Bertz CT molecular complexity index is 451. The first-order valence-electron chi connectivity index (χ1n) is 6.41. The zero-order valence-corrected chi connectivity index (χ0v) is 10.7. The van der Waals surface area contributed by atoms with Crippen molar-refractivity contribution in [3.63, 3.8) is 0 Å². The molecule has 1 aromatic carbocycles. The Morgan fingerprint density at radius 3 is 2.89 bits per heavy atom. The lowest BCUT2D eigenvalue weighted by Crippen LogP contribution is -2.31. The molecule has 2 bridgehead atoms. The molecular weight excluding hydrogens is 255 g/mol. The lowest BCUT2D eigenvalue weighted by Gasteiger charge is -2.24. The minimum Gasteiger partial charge on any atom is -0.392 e. The van der Waals surface area contributed by atoms with Gasteiger partial charge in [-0.05, 0) is 37.0 Å². The second-order valence-corrected chi connectivity index (χ2v) is 5.72. The molecule has 1 N–H and O–H groups in total. The SMILES string of the molecule is OC(Cc1ccc(Cl)cc1F)C1CC2CCC1O2. The Labute approximate surface area is 111 Å². The summed E-state index contributed by atoms with van der Waals surface area (Å²) < 4.78 is 19.4. The highest BCUT2D eigenvalue weighted by molar-refractivity contribution is 6.30. The fourth-order valence-electron chi connectivity index (χ4n) is 3.15. The van der Waals surface area contributed by atoms with E-state index >= 15 is 0 Å². The van der Waals surface area contributed by atoms with Gasteiger partial charge in [0.25, 0.3) is 0 Å². The molecule has 0 spiro atoms. The zero-order chi connectivity index (χ0) is 12.7. The van der Waals surface area contributed by atoms with Crippen LogP contribution in [0.5, 0.6) is 0 Å². The quantitative estimate of drug-likeness (QED) is 0.915. The fraction of sp³-hybridized carbons (Fsp3) is 0.571. The highest BCUT2D eigenvalue weighted by atomic mass is 35.5. The van der Waals surface area contributed by atoms with Gasteiger partial charge in [-0.15, -0.1) is 0 Å². The summed E-state index contributed by atoms with van der Waals surface area (Å²) >= 11 is 5.71. The molecule has 2 aliphatic heterocycles. The molecule has 4 atom stereocenters. The molecule has 2 aliphatic rings. The van der Waals surface area contributed by atoms with E-state index in [4.69, 9.17) is 16.3 Å². The first-order chi connectivity index (χ1) is 8.63. The summed E-state index contributed by atoms with van der Waals surface area (Å²) in [5.41, 5.74) is 0.523. The van der Waals surface area contributed by atoms with Crippen LogP contribution in [0.3, 0.4) is 0 Å². The minimum atomic E-state index is -0.532. The van der Waals surface area contributed by atoms with Gasteiger partial charge in [0.2, 0.25) is 0 Å². The summed E-state index contributed by atoms with van der Waals surface area (Å²) in [5, 5.41) is 10.6. The van der Waals surface area contributed by atoms with Gasteiger partial charge >= 0.3 is 0 Å². The van der Waals surface area contributed by atoms with E-state index in [1.807, 2.05) is 0 Å². The maximum absolute atomic E-state index is 13.7. The second kappa shape index (κ2) is 4.80. The summed E-state index contributed by atoms with van der Waals surface area (Å²) in [4.78, 5) is 0. The number of ether oxygens (including phenoxy) is 1. The van der Waals surface area contributed by atoms with E-state index in [9.17, 15) is 9.50 Å². The average molecular weight is 271 g/mol. The molecule has 3 rings (SSSR count). The van der Waals surface area contributed by atoms with Crippen molar-refractivity contribution >= 4 is 11.6 Å². The third kappa shape index (κ3) is 2.27. The second-order valence-electron chi connectivity index (χ2n) is 5.28. The number of hydrogen-bond donors (Lipinski definition) is 1. The number of aliphatic hydroxyl groups excluding tert-OH is 1. The van der Waals surface area contributed by atoms with Gasteiger partial charge in [-0.3, -0.25) is 0 Å². The van der Waals surface area contributed by atoms with Crippen molar-refractivity contribution in [2.45, 2.75) is 44.0 Å². The summed E-state index contributed by atoms with van der Waals surface area (Å²) in [6, 6.07) is 4.60. The Morgan fingerprint density at radius 2 is 2.28 bits per heavy atom. The molecular formula is C14H16ClFO2. The van der Waals surface area contributed by atoms with E-state index in [0.717, 1.165) is 19.3 Å². The topological polar surface area (TPSA) is 29.5 Å². The van der Waals surface area contributed by atoms with E-state index in [-0.39, 0.29) is 17.8 Å². The first-order valence-corrected chi connectivity index (χ1v) is 6.79. The molecule has 0 saturated carbocycles. The highest BCUT2D eigenvalue weighted by Crippen LogP contribution is 2.41. The summed E-state index contributed by atoms with van der Waals surface area (Å²) in [5.74, 6) is -0.190. The summed E-state index contributed by atoms with van der Waals surface area (Å²) in [7, 11) is 0. The first kappa shape index (κ1) is 12.4. The molecule has 98 valence electrons. The van der Waals surface area contributed by atoms with Crippen molar-refractivity contribution in [3.8, 4) is 0 Å². The van der Waals surface area contributed by atoms with Crippen molar-refractivity contribution in [2.75, 3.05) is 0 Å². The maximum atomic E-state index is 13.7. The van der Waals surface area contributed by atoms with Gasteiger partial charge in [0.1, 0.15) is 5.82 Å². The monoisotopic (exact) mass is 270 g/mol. The van der Waals surface area contributed by atoms with Crippen LogP contribution in [0.15, 0.2) is 18.2 Å². The van der Waals surface area contributed by atoms with E-state index in [1.165, 1.54) is 6.07 Å². The molecule has 2 fully saturated rings. The third-order valence-electron chi connectivity index (χ3n) is 4.09. The summed E-state index contributed by atoms with van der Waals surface area (Å²) in [6.07, 6.45) is 3.31. The van der Waals surface area contributed by atoms with Gasteiger partial charge in [-0.25, -0.2) is 4.39 Å². The molecule has 1 aromatic rings. The standard InChI is InChI=1S/C14H16ClFO2/c15-9-2-1-8(12(16)6-9)5-13(17)11-7-10-3-4-14(11)18-10/h1-2,6,10-11,13-14,17H,3-5,7H2. The zero-order valence-electron chi connectivity index (χ0n) is 9.98. The van der Waals surface area contributed by atoms with Crippen molar-refractivity contribution in [3.05, 3.63) is 34.6 Å². The Balaban J connectivity index is 1.69. The smallest absolute Gasteiger partial charge is 0.127 e. The summed E-state index contributed by atoms with van der Waals surface area (Å²) in [6.45, 7) is 0. The van der Waals surface area contributed by atoms with Crippen LogP contribution in [-0.2, 0) is 11.2 Å². The van der Waals surface area contributed by atoms with Crippen molar-refractivity contribution in [1.29, 1.82) is 0 Å². The number of hydrogen-bond acceptors (Lipinski definition) is 2. The Kier molecular flexibility index (Phi) is 3.31. The van der Waals surface area contributed by atoms with Crippen molar-refractivity contribution < 1.29 is 14.2 Å². The highest BCUT2D eigenvalue weighted by Gasteiger charge is 2.43. The lowest BCUT2D eigenvalue weighted by atomic mass is 9.83. The van der Waals surface area contributed by atoms with Gasteiger partial charge in [-0.2, -0.15) is 0 Å². The minimum absolute atomic E-state index is 0.152. The number of rotatable bonds is 3. The number of benzene rings is 1. The van der Waals surface area contributed by atoms with E-state index in [0.29, 0.717) is 23.1 Å². The van der Waals surface area contributed by atoms with Crippen LogP contribution in [0.4, 0.5) is 4.39 Å². The van der Waals surface area contributed by atoms with Gasteiger partial charge in [0.15, 0.2) is 0 Å². The average Bonchev–Trinajstić information content (AvgIpc) is 2.94. The van der Waals surface area contributed by atoms with E-state index < -0.39 is 6.10 Å². The van der Waals surface area contributed by atoms with Crippen LogP contribution in [0.2, 0.25) is 5.02 Å². The largest absolute Gasteiger partial charge is 0.392 e. The Morgan fingerprint density at radius 1 is 1.44 bits per heavy atom. The molecule has 0 aliphatic carbocycles. The third-order valence-corrected chi connectivity index (χ3v) is 4.33. The normalized spacial score (nSPS) is 31.8. The molecule has 2 heterocycles. The molecule has 18 heavy (non-hydrogen) atoms. The predicted molar refractivity (Wildman–Crippen MR) is 67.1 cm³/mol. The molecule has 4 heteroatoms. The van der Waals surface area contributed by atoms with Crippen molar-refractivity contribution in [1.82, 2.24) is 0 Å². The number of fused-ring (bicyclic) bond motifs is 2. The molecule has 2 saturated heterocycles. The van der Waals surface area contributed by atoms with E-state index in [2.05, 4.69) is 0 Å². The van der Waals surface area contributed by atoms with Gasteiger partial charge in [0, 0.05) is 17.4 Å². The lowest BCUT2D eigenvalue weighted by molar-refractivity contribution is 0.0428. The van der Waals surface area contributed by atoms with Crippen LogP contribution in [0.1, 0.15) is 24.8 Å². The van der Waals surface area contributed by atoms with Crippen LogP contribution in [0, 0.1) is 11.7 Å². The maximum Gasteiger partial charge on any atom is 0.127 e. The van der Waals surface area contributed by atoms with E-state index in [1.54, 1.807) is 12.1 Å². The predicted octanol–water partition coefficient (Wildman–Crippen LogP) is 2.95. The molecule has 4 unspecified atom stereocenters. The van der Waals surface area contributed by atoms with Crippen molar-refractivity contribution in [2.24, 2.45) is 5.92 Å². The van der Waals surface area contributed by atoms with Crippen LogP contribution >= 0.6 is 11.6 Å². The van der Waals surface area contributed by atoms with Gasteiger partial charge < -0.3 is 9.84 Å². The Hall–Kier alpha value is -0.640. The van der Waals surface area contributed by atoms with Gasteiger partial charge in [-0.1, -0.05) is 17.7 Å². The molecule has 2 nitrogen and oxygen atoms in total. The van der Waals surface area contributed by atoms with Crippen LogP contribution < -0.4 is 0 Å². The molecule has 0 amide bonds. The van der Waals surface area contributed by atoms with Crippen LogP contribution in [0.25, 0.3) is 0 Å². The fourth-order valence-corrected chi connectivity index (χ4v) is 3.30. The van der Waals surface area contributed by atoms with Gasteiger partial charge in [0.05, 0.1) is 18.3 Å². The number of halogens is 2. The van der Waals surface area contributed by atoms with Crippen LogP contribution in [-0.4, -0.2) is 23.4 Å². The molecule has 0 aromatic heterocycles.